The minimum Gasteiger partial charge on any atom is -0.456 e. The Morgan fingerprint density at radius 3 is 2.69 bits per heavy atom. The van der Waals surface area contributed by atoms with Gasteiger partial charge in [0.25, 0.3) is 5.69 Å². The number of halogens is 1. The smallest absolute Gasteiger partial charge is 0.297 e. The molecule has 4 nitrogen and oxygen atoms in total. The van der Waals surface area contributed by atoms with E-state index < -0.39 is 5.69 Å². The Labute approximate surface area is 165 Å². The Balaban J connectivity index is 2.10. The predicted molar refractivity (Wildman–Crippen MR) is 114 cm³/mol. The number of hydrogen-bond donors (Lipinski definition) is 0. The molecular weight excluding hydrogens is 411 g/mol. The van der Waals surface area contributed by atoms with E-state index in [9.17, 15) is 4.79 Å². The van der Waals surface area contributed by atoms with Crippen LogP contribution in [0.5, 0.6) is 5.75 Å². The number of hydrogen-bond acceptors (Lipinski definition) is 6. The first-order valence-corrected chi connectivity index (χ1v) is 12.8. The monoisotopic (exact) mass is 428 g/mol. The molecule has 0 radical (unpaired) electrons. The van der Waals surface area contributed by atoms with E-state index in [1.165, 1.54) is 11.4 Å². The van der Waals surface area contributed by atoms with Crippen LogP contribution in [-0.2, 0) is 16.3 Å². The molecule has 1 aromatic heterocycles. The largest absolute Gasteiger partial charge is 0.456 e. The highest BCUT2D eigenvalue weighted by Crippen LogP contribution is 2.61. The van der Waals surface area contributed by atoms with Gasteiger partial charge in [-0.15, -0.1) is 0 Å². The van der Waals surface area contributed by atoms with Crippen LogP contribution in [0.4, 0.5) is 0 Å². The molecule has 0 N–H and O–H groups in total. The fourth-order valence-electron chi connectivity index (χ4n) is 2.45. The lowest BCUT2D eigenvalue weighted by atomic mass is 10.1. The van der Waals surface area contributed by atoms with Crippen molar-refractivity contribution in [2.75, 3.05) is 12.4 Å². The number of benzene rings is 2. The van der Waals surface area contributed by atoms with E-state index in [0.717, 1.165) is 12.2 Å². The standard InChI is InChI=1S/C18H18ClO4PS2/c1-3-9-26-24(25,21-4-2)23-17-10-13-16(11-14(17)19)22-15-8-6-5-7-12(15)18(13)20/h5-8,10-11H,3-4,9H2,1-2H3. The quantitative estimate of drug-likeness (QED) is 0.321. The summed E-state index contributed by atoms with van der Waals surface area (Å²) in [7, 11) is 0. The molecule has 0 saturated heterocycles. The van der Waals surface area contributed by atoms with Crippen molar-refractivity contribution in [3.8, 4) is 5.75 Å². The van der Waals surface area contributed by atoms with Gasteiger partial charge in [-0.25, -0.2) is 0 Å². The zero-order chi connectivity index (χ0) is 18.7. The molecule has 1 atom stereocenters. The van der Waals surface area contributed by atoms with Crippen LogP contribution in [-0.4, -0.2) is 12.4 Å². The summed E-state index contributed by atoms with van der Waals surface area (Å²) in [6.07, 6.45) is 0.959. The molecule has 0 saturated carbocycles. The van der Waals surface area contributed by atoms with Crippen LogP contribution in [0.15, 0.2) is 45.6 Å². The fraction of sp³-hybridized carbons (Fsp3) is 0.278. The van der Waals surface area contributed by atoms with Crippen LogP contribution in [0.3, 0.4) is 0 Å². The van der Waals surface area contributed by atoms with Gasteiger partial charge in [-0.05, 0) is 43.4 Å². The SMILES string of the molecule is CCCSP(=S)(OCC)Oc1cc2c(=O)c3ccccc3oc2cc1Cl. The maximum absolute atomic E-state index is 12.8. The molecule has 0 aliphatic rings. The van der Waals surface area contributed by atoms with Crippen LogP contribution in [0.25, 0.3) is 21.9 Å². The zero-order valence-electron chi connectivity index (χ0n) is 14.4. The zero-order valence-corrected chi connectivity index (χ0v) is 17.6. The van der Waals surface area contributed by atoms with E-state index in [2.05, 4.69) is 6.92 Å². The Morgan fingerprint density at radius 2 is 1.96 bits per heavy atom. The fourth-order valence-corrected chi connectivity index (χ4v) is 7.37. The number of rotatable bonds is 7. The summed E-state index contributed by atoms with van der Waals surface area (Å²) in [6, 6.07) is 10.3. The molecule has 1 unspecified atom stereocenters. The van der Waals surface area contributed by atoms with Crippen molar-refractivity contribution in [2.45, 2.75) is 20.3 Å². The first-order valence-electron chi connectivity index (χ1n) is 8.21. The van der Waals surface area contributed by atoms with Gasteiger partial charge in [0, 0.05) is 11.8 Å². The summed E-state index contributed by atoms with van der Waals surface area (Å²) in [5.74, 6) is 1.18. The molecule has 3 aromatic rings. The lowest BCUT2D eigenvalue weighted by molar-refractivity contribution is 0.344. The molecule has 26 heavy (non-hydrogen) atoms. The molecule has 0 amide bonds. The van der Waals surface area contributed by atoms with E-state index in [1.807, 2.05) is 13.0 Å². The summed E-state index contributed by atoms with van der Waals surface area (Å²) in [6.45, 7) is 4.39. The molecule has 3 rings (SSSR count). The first kappa shape index (κ1) is 19.7. The van der Waals surface area contributed by atoms with Crippen molar-refractivity contribution in [3.63, 3.8) is 0 Å². The van der Waals surface area contributed by atoms with Gasteiger partial charge in [0.05, 0.1) is 22.4 Å². The van der Waals surface area contributed by atoms with E-state index >= 15 is 0 Å². The average molecular weight is 429 g/mol. The number of fused-ring (bicyclic) bond motifs is 2. The Bertz CT molecular complexity index is 1050. The number of para-hydroxylation sites is 1. The van der Waals surface area contributed by atoms with Gasteiger partial charge in [0.2, 0.25) is 5.43 Å². The highest BCUT2D eigenvalue weighted by Gasteiger charge is 2.23. The highest BCUT2D eigenvalue weighted by atomic mass is 35.5. The first-order chi connectivity index (χ1) is 12.5. The third-order valence-electron chi connectivity index (χ3n) is 3.58. The third-order valence-corrected chi connectivity index (χ3v) is 9.30. The lowest BCUT2D eigenvalue weighted by Gasteiger charge is -2.22. The second-order valence-corrected chi connectivity index (χ2v) is 12.3. The minimum absolute atomic E-state index is 0.130. The topological polar surface area (TPSA) is 48.7 Å². The Kier molecular flexibility index (Phi) is 6.31. The Hall–Kier alpha value is -1.04. The summed E-state index contributed by atoms with van der Waals surface area (Å²) in [5, 5.41) is 1.25. The van der Waals surface area contributed by atoms with Crippen molar-refractivity contribution in [1.29, 1.82) is 0 Å². The second-order valence-electron chi connectivity index (χ2n) is 5.50. The molecule has 2 aromatic carbocycles. The molecule has 138 valence electrons. The average Bonchev–Trinajstić information content (AvgIpc) is 2.62. The van der Waals surface area contributed by atoms with Gasteiger partial charge in [-0.3, -0.25) is 4.79 Å². The molecule has 0 bridgehead atoms. The van der Waals surface area contributed by atoms with E-state index in [1.54, 1.807) is 30.3 Å². The van der Waals surface area contributed by atoms with Crippen molar-refractivity contribution < 1.29 is 13.5 Å². The van der Waals surface area contributed by atoms with Gasteiger partial charge in [0.15, 0.2) is 0 Å². The van der Waals surface area contributed by atoms with Gasteiger partial charge < -0.3 is 13.5 Å². The maximum atomic E-state index is 12.8. The third kappa shape index (κ3) is 4.10. The molecule has 8 heteroatoms. The minimum atomic E-state index is -2.59. The maximum Gasteiger partial charge on any atom is 0.297 e. The van der Waals surface area contributed by atoms with Crippen molar-refractivity contribution in [3.05, 3.63) is 51.6 Å². The lowest BCUT2D eigenvalue weighted by Crippen LogP contribution is -2.03. The second kappa shape index (κ2) is 8.32. The molecule has 0 aliphatic heterocycles. The summed E-state index contributed by atoms with van der Waals surface area (Å²) in [4.78, 5) is 12.8. The van der Waals surface area contributed by atoms with Gasteiger partial charge in [-0.2, -0.15) is 0 Å². The normalized spacial score (nSPS) is 13.8. The van der Waals surface area contributed by atoms with Crippen LogP contribution in [0.1, 0.15) is 20.3 Å². The van der Waals surface area contributed by atoms with Gasteiger partial charge in [-0.1, -0.05) is 42.0 Å². The van der Waals surface area contributed by atoms with E-state index in [4.69, 9.17) is 36.9 Å². The van der Waals surface area contributed by atoms with E-state index in [-0.39, 0.29) is 5.43 Å². The van der Waals surface area contributed by atoms with Crippen molar-refractivity contribution in [2.24, 2.45) is 0 Å². The van der Waals surface area contributed by atoms with Crippen LogP contribution < -0.4 is 9.95 Å². The van der Waals surface area contributed by atoms with Crippen LogP contribution in [0, 0.1) is 0 Å². The Morgan fingerprint density at radius 1 is 1.19 bits per heavy atom. The molecule has 0 fully saturated rings. The van der Waals surface area contributed by atoms with Gasteiger partial charge in [0.1, 0.15) is 16.9 Å². The van der Waals surface area contributed by atoms with E-state index in [0.29, 0.717) is 39.3 Å². The van der Waals surface area contributed by atoms with Crippen molar-refractivity contribution >= 4 is 62.4 Å². The summed E-state index contributed by atoms with van der Waals surface area (Å²) in [5.41, 5.74) is -1.79. The highest BCUT2D eigenvalue weighted by molar-refractivity contribution is 8.68. The molecule has 1 heterocycles. The summed E-state index contributed by atoms with van der Waals surface area (Å²) < 4.78 is 17.5. The van der Waals surface area contributed by atoms with Crippen LogP contribution >= 0.6 is 28.7 Å². The predicted octanol–water partition coefficient (Wildman–Crippen LogP) is 6.38. The van der Waals surface area contributed by atoms with Crippen LogP contribution in [0.2, 0.25) is 5.02 Å². The molecule has 0 spiro atoms. The van der Waals surface area contributed by atoms with Crippen molar-refractivity contribution in [1.82, 2.24) is 0 Å². The molecule has 0 aliphatic carbocycles. The molecular formula is C18H18ClO4PS2. The summed E-state index contributed by atoms with van der Waals surface area (Å²) >= 11 is 13.5. The van der Waals surface area contributed by atoms with Gasteiger partial charge >= 0.3 is 0 Å².